The number of piperidine rings is 2. The van der Waals surface area contributed by atoms with Gasteiger partial charge in [-0.3, -0.25) is 4.79 Å². The van der Waals surface area contributed by atoms with Crippen molar-refractivity contribution in [1.29, 1.82) is 0 Å². The monoisotopic (exact) mass is 334 g/mol. The Morgan fingerprint density at radius 3 is 2.58 bits per heavy atom. The number of carbonyl (C=O) groups is 1. The molecule has 130 valence electrons. The van der Waals surface area contributed by atoms with Crippen molar-refractivity contribution in [3.8, 4) is 0 Å². The third-order valence-electron chi connectivity index (χ3n) is 6.19. The highest BCUT2D eigenvalue weighted by Crippen LogP contribution is 2.48. The van der Waals surface area contributed by atoms with Gasteiger partial charge in [0.15, 0.2) is 11.6 Å². The summed E-state index contributed by atoms with van der Waals surface area (Å²) in [6.07, 6.45) is 6.32. The molecule has 3 aliphatic rings. The Hall–Kier alpha value is -1.49. The lowest BCUT2D eigenvalue weighted by Gasteiger charge is -2.47. The summed E-state index contributed by atoms with van der Waals surface area (Å²) < 4.78 is 27.2. The van der Waals surface area contributed by atoms with Crippen molar-refractivity contribution >= 4 is 5.91 Å². The number of nitrogens with zero attached hydrogens (tertiary/aromatic N) is 1. The predicted molar refractivity (Wildman–Crippen MR) is 87.6 cm³/mol. The SMILES string of the molecule is CN1[C@H]2CCC[C@H]1CC(NC(=O)[C@@H]1C[C@@H]1c1cccc(F)c1F)C2. The van der Waals surface area contributed by atoms with Crippen molar-refractivity contribution in [3.63, 3.8) is 0 Å². The fraction of sp³-hybridized carbons (Fsp3) is 0.632. The van der Waals surface area contributed by atoms with Gasteiger partial charge in [0.1, 0.15) is 0 Å². The summed E-state index contributed by atoms with van der Waals surface area (Å²) in [6, 6.07) is 5.59. The maximum Gasteiger partial charge on any atom is 0.223 e. The number of fused-ring (bicyclic) bond motifs is 2. The van der Waals surface area contributed by atoms with Crippen LogP contribution in [0.2, 0.25) is 0 Å². The van der Waals surface area contributed by atoms with Crippen LogP contribution < -0.4 is 5.32 Å². The van der Waals surface area contributed by atoms with Gasteiger partial charge in [-0.05, 0) is 56.7 Å². The largest absolute Gasteiger partial charge is 0.353 e. The van der Waals surface area contributed by atoms with Crippen molar-refractivity contribution in [1.82, 2.24) is 10.2 Å². The lowest BCUT2D eigenvalue weighted by atomic mass is 9.82. The van der Waals surface area contributed by atoms with Crippen LogP contribution in [0.5, 0.6) is 0 Å². The summed E-state index contributed by atoms with van der Waals surface area (Å²) in [4.78, 5) is 15.0. The van der Waals surface area contributed by atoms with Crippen LogP contribution in [0, 0.1) is 17.6 Å². The summed E-state index contributed by atoms with van der Waals surface area (Å²) in [6.45, 7) is 0. The van der Waals surface area contributed by atoms with E-state index in [9.17, 15) is 13.6 Å². The van der Waals surface area contributed by atoms with Crippen molar-refractivity contribution in [2.24, 2.45) is 5.92 Å². The summed E-state index contributed by atoms with van der Waals surface area (Å²) in [5, 5.41) is 3.18. The molecule has 1 aliphatic carbocycles. The van der Waals surface area contributed by atoms with E-state index in [2.05, 4.69) is 17.3 Å². The van der Waals surface area contributed by atoms with E-state index in [1.807, 2.05) is 0 Å². The summed E-state index contributed by atoms with van der Waals surface area (Å²) in [5.74, 6) is -2.00. The molecule has 0 unspecified atom stereocenters. The Balaban J connectivity index is 1.37. The first-order valence-corrected chi connectivity index (χ1v) is 9.01. The molecule has 0 aromatic heterocycles. The summed E-state index contributed by atoms with van der Waals surface area (Å²) in [7, 11) is 2.19. The van der Waals surface area contributed by atoms with E-state index in [1.54, 1.807) is 6.07 Å². The van der Waals surface area contributed by atoms with Gasteiger partial charge in [-0.2, -0.15) is 0 Å². The second-order valence-corrected chi connectivity index (χ2v) is 7.67. The molecule has 4 rings (SSSR count). The Morgan fingerprint density at radius 1 is 1.17 bits per heavy atom. The molecule has 1 amide bonds. The molecule has 3 nitrogen and oxygen atoms in total. The zero-order valence-corrected chi connectivity index (χ0v) is 14.0. The Morgan fingerprint density at radius 2 is 1.88 bits per heavy atom. The number of amides is 1. The number of benzene rings is 1. The van der Waals surface area contributed by atoms with Crippen molar-refractivity contribution in [2.75, 3.05) is 7.05 Å². The Labute approximate surface area is 141 Å². The third kappa shape index (κ3) is 2.83. The van der Waals surface area contributed by atoms with Crippen molar-refractivity contribution < 1.29 is 13.6 Å². The normalized spacial score (nSPS) is 35.5. The van der Waals surface area contributed by atoms with Gasteiger partial charge in [-0.1, -0.05) is 18.6 Å². The highest BCUT2D eigenvalue weighted by atomic mass is 19.2. The van der Waals surface area contributed by atoms with Gasteiger partial charge < -0.3 is 10.2 Å². The van der Waals surface area contributed by atoms with E-state index >= 15 is 0 Å². The molecule has 5 heteroatoms. The first-order chi connectivity index (χ1) is 11.5. The molecule has 24 heavy (non-hydrogen) atoms. The molecule has 2 aliphatic heterocycles. The maximum atomic E-state index is 13.9. The molecular formula is C19H24F2N2O. The van der Waals surface area contributed by atoms with Gasteiger partial charge >= 0.3 is 0 Å². The fourth-order valence-electron chi connectivity index (χ4n) is 4.68. The average Bonchev–Trinajstić information content (AvgIpc) is 3.31. The Kier molecular flexibility index (Phi) is 4.07. The number of hydrogen-bond donors (Lipinski definition) is 1. The first kappa shape index (κ1) is 16.0. The number of rotatable bonds is 3. The van der Waals surface area contributed by atoms with Gasteiger partial charge in [0.2, 0.25) is 5.91 Å². The molecule has 1 aromatic carbocycles. The zero-order chi connectivity index (χ0) is 16.8. The minimum Gasteiger partial charge on any atom is -0.353 e. The zero-order valence-electron chi connectivity index (χ0n) is 14.0. The molecule has 2 heterocycles. The number of halogens is 2. The Bertz CT molecular complexity index is 636. The van der Waals surface area contributed by atoms with E-state index < -0.39 is 11.6 Å². The number of nitrogens with one attached hydrogen (secondary N) is 1. The first-order valence-electron chi connectivity index (χ1n) is 9.01. The molecular weight excluding hydrogens is 310 g/mol. The number of hydrogen-bond acceptors (Lipinski definition) is 2. The molecule has 3 fully saturated rings. The molecule has 0 spiro atoms. The third-order valence-corrected chi connectivity index (χ3v) is 6.19. The van der Waals surface area contributed by atoms with Crippen molar-refractivity contribution in [2.45, 2.75) is 62.6 Å². The quantitative estimate of drug-likeness (QED) is 0.921. The second kappa shape index (κ2) is 6.10. The molecule has 4 atom stereocenters. The maximum absolute atomic E-state index is 13.9. The lowest BCUT2D eigenvalue weighted by molar-refractivity contribution is -0.123. The van der Waals surface area contributed by atoms with Gasteiger partial charge in [0.25, 0.3) is 0 Å². The van der Waals surface area contributed by atoms with E-state index in [4.69, 9.17) is 0 Å². The lowest BCUT2D eigenvalue weighted by Crippen LogP contribution is -2.55. The van der Waals surface area contributed by atoms with E-state index in [1.165, 1.54) is 25.3 Å². The molecule has 2 bridgehead atoms. The molecule has 1 N–H and O–H groups in total. The van der Waals surface area contributed by atoms with Crippen LogP contribution >= 0.6 is 0 Å². The van der Waals surface area contributed by atoms with Crippen LogP contribution in [-0.2, 0) is 4.79 Å². The minimum atomic E-state index is -0.832. The molecule has 0 radical (unpaired) electrons. The van der Waals surface area contributed by atoms with Crippen LogP contribution in [0.25, 0.3) is 0 Å². The van der Waals surface area contributed by atoms with E-state index in [0.29, 0.717) is 24.1 Å². The number of carbonyl (C=O) groups excluding carboxylic acids is 1. The second-order valence-electron chi connectivity index (χ2n) is 7.67. The highest BCUT2D eigenvalue weighted by molar-refractivity contribution is 5.83. The fourth-order valence-corrected chi connectivity index (χ4v) is 4.68. The van der Waals surface area contributed by atoms with Crippen LogP contribution in [0.3, 0.4) is 0 Å². The van der Waals surface area contributed by atoms with Crippen LogP contribution in [0.1, 0.15) is 50.0 Å². The molecule has 1 saturated carbocycles. The topological polar surface area (TPSA) is 32.3 Å². The van der Waals surface area contributed by atoms with E-state index in [0.717, 1.165) is 18.9 Å². The van der Waals surface area contributed by atoms with Crippen LogP contribution in [0.15, 0.2) is 18.2 Å². The standard InChI is InChI=1S/C19H24F2N2O/c1-23-12-4-2-5-13(23)9-11(8-12)22-19(24)16-10-15(16)14-6-3-7-17(20)18(14)21/h3,6-7,11-13,15-16H,2,4-5,8-10H2,1H3,(H,22,24)/t12-,13-,15+,16+/m0/s1. The van der Waals surface area contributed by atoms with Crippen molar-refractivity contribution in [3.05, 3.63) is 35.4 Å². The average molecular weight is 334 g/mol. The van der Waals surface area contributed by atoms with Gasteiger partial charge in [0, 0.05) is 24.0 Å². The predicted octanol–water partition coefficient (Wildman–Crippen LogP) is 3.20. The van der Waals surface area contributed by atoms with E-state index in [-0.39, 0.29) is 23.8 Å². The van der Waals surface area contributed by atoms with Gasteiger partial charge in [-0.25, -0.2) is 8.78 Å². The molecule has 1 aromatic rings. The minimum absolute atomic E-state index is 0.0105. The molecule has 2 saturated heterocycles. The summed E-state index contributed by atoms with van der Waals surface area (Å²) in [5.41, 5.74) is 0.343. The van der Waals surface area contributed by atoms with Gasteiger partial charge in [-0.15, -0.1) is 0 Å². The van der Waals surface area contributed by atoms with Crippen LogP contribution in [0.4, 0.5) is 8.78 Å². The summed E-state index contributed by atoms with van der Waals surface area (Å²) >= 11 is 0. The van der Waals surface area contributed by atoms with Crippen LogP contribution in [-0.4, -0.2) is 36.0 Å². The highest BCUT2D eigenvalue weighted by Gasteiger charge is 2.46. The van der Waals surface area contributed by atoms with Gasteiger partial charge in [0.05, 0.1) is 0 Å². The smallest absolute Gasteiger partial charge is 0.223 e.